The minimum Gasteiger partial charge on any atom is -0.337 e. The highest BCUT2D eigenvalue weighted by molar-refractivity contribution is 5.79. The number of nitrogens with one attached hydrogen (secondary N) is 1. The summed E-state index contributed by atoms with van der Waals surface area (Å²) >= 11 is 0. The number of benzene rings is 1. The molecule has 1 aliphatic rings. The van der Waals surface area contributed by atoms with Crippen LogP contribution in [0, 0.1) is 17.1 Å². The zero-order valence-electron chi connectivity index (χ0n) is 13.1. The van der Waals surface area contributed by atoms with E-state index in [0.717, 1.165) is 31.2 Å². The third kappa shape index (κ3) is 3.83. The number of nitriles is 1. The summed E-state index contributed by atoms with van der Waals surface area (Å²) in [4.78, 5) is 14.1. The second-order valence-corrected chi connectivity index (χ2v) is 6.09. The van der Waals surface area contributed by atoms with E-state index < -0.39 is 5.54 Å². The Bertz CT molecular complexity index is 558. The molecule has 0 heterocycles. The van der Waals surface area contributed by atoms with Gasteiger partial charge in [-0.2, -0.15) is 5.26 Å². The number of hydrogen-bond donors (Lipinski definition) is 1. The molecule has 1 fully saturated rings. The molecule has 4 nitrogen and oxygen atoms in total. The Morgan fingerprint density at radius 3 is 2.55 bits per heavy atom. The lowest BCUT2D eigenvalue weighted by Gasteiger charge is -2.27. The van der Waals surface area contributed by atoms with E-state index >= 15 is 0 Å². The van der Waals surface area contributed by atoms with E-state index in [9.17, 15) is 14.4 Å². The van der Waals surface area contributed by atoms with Gasteiger partial charge in [-0.05, 0) is 57.4 Å². The summed E-state index contributed by atoms with van der Waals surface area (Å²) in [5.41, 5.74) is 0.268. The fourth-order valence-electron chi connectivity index (χ4n) is 2.91. The second kappa shape index (κ2) is 6.89. The van der Waals surface area contributed by atoms with Crippen LogP contribution in [0.4, 0.5) is 4.39 Å². The van der Waals surface area contributed by atoms with Crippen molar-refractivity contribution in [3.05, 3.63) is 35.6 Å². The predicted molar refractivity (Wildman–Crippen MR) is 82.4 cm³/mol. The van der Waals surface area contributed by atoms with Crippen molar-refractivity contribution in [3.63, 3.8) is 0 Å². The van der Waals surface area contributed by atoms with Gasteiger partial charge in [0.25, 0.3) is 0 Å². The summed E-state index contributed by atoms with van der Waals surface area (Å²) in [5, 5.41) is 12.2. The van der Waals surface area contributed by atoms with Crippen LogP contribution in [0.1, 0.15) is 44.2 Å². The first kappa shape index (κ1) is 16.4. The highest BCUT2D eigenvalue weighted by Crippen LogP contribution is 2.29. The van der Waals surface area contributed by atoms with Gasteiger partial charge < -0.3 is 5.32 Å². The molecule has 1 saturated carbocycles. The minimum atomic E-state index is -0.683. The largest absolute Gasteiger partial charge is 0.337 e. The number of halogens is 1. The molecule has 1 aromatic rings. The van der Waals surface area contributed by atoms with Crippen LogP contribution in [-0.2, 0) is 4.79 Å². The van der Waals surface area contributed by atoms with E-state index in [-0.39, 0.29) is 24.3 Å². The lowest BCUT2D eigenvalue weighted by molar-refractivity contribution is -0.123. The van der Waals surface area contributed by atoms with Crippen LogP contribution in [0.2, 0.25) is 0 Å². The second-order valence-electron chi connectivity index (χ2n) is 6.09. The van der Waals surface area contributed by atoms with Gasteiger partial charge >= 0.3 is 0 Å². The summed E-state index contributed by atoms with van der Waals surface area (Å²) < 4.78 is 13.0. The summed E-state index contributed by atoms with van der Waals surface area (Å²) in [6.45, 7) is 2.18. The van der Waals surface area contributed by atoms with Gasteiger partial charge in [0.2, 0.25) is 5.91 Å². The smallest absolute Gasteiger partial charge is 0.235 e. The molecular weight excluding hydrogens is 281 g/mol. The summed E-state index contributed by atoms with van der Waals surface area (Å²) in [6.07, 6.45) is 3.42. The van der Waals surface area contributed by atoms with Crippen molar-refractivity contribution in [2.45, 2.75) is 44.2 Å². The molecule has 22 heavy (non-hydrogen) atoms. The predicted octanol–water partition coefficient (Wildman–Crippen LogP) is 2.77. The average Bonchev–Trinajstić information content (AvgIpc) is 2.96. The van der Waals surface area contributed by atoms with Crippen LogP contribution >= 0.6 is 0 Å². The van der Waals surface area contributed by atoms with Crippen molar-refractivity contribution in [3.8, 4) is 6.07 Å². The molecule has 0 aliphatic heterocycles. The first-order valence-electron chi connectivity index (χ1n) is 7.64. The Hall–Kier alpha value is -1.93. The fourth-order valence-corrected chi connectivity index (χ4v) is 2.91. The van der Waals surface area contributed by atoms with Crippen molar-refractivity contribution in [1.82, 2.24) is 10.2 Å². The molecule has 0 bridgehead atoms. The number of likely N-dealkylation sites (N-methyl/N-ethyl adjacent to an activating group) is 1. The average molecular weight is 303 g/mol. The minimum absolute atomic E-state index is 0.00652. The van der Waals surface area contributed by atoms with Gasteiger partial charge in [-0.15, -0.1) is 0 Å². The third-order valence-corrected chi connectivity index (χ3v) is 4.46. The van der Waals surface area contributed by atoms with Gasteiger partial charge in [0.15, 0.2) is 0 Å². The van der Waals surface area contributed by atoms with E-state index in [1.54, 1.807) is 12.1 Å². The van der Waals surface area contributed by atoms with Crippen LogP contribution in [0.15, 0.2) is 24.3 Å². The molecule has 0 aromatic heterocycles. The van der Waals surface area contributed by atoms with Crippen molar-refractivity contribution in [2.75, 3.05) is 13.6 Å². The zero-order chi connectivity index (χ0) is 16.2. The number of hydrogen-bond acceptors (Lipinski definition) is 3. The maximum Gasteiger partial charge on any atom is 0.235 e. The van der Waals surface area contributed by atoms with Crippen LogP contribution in [0.25, 0.3) is 0 Å². The molecule has 1 unspecified atom stereocenters. The molecule has 0 radical (unpaired) electrons. The summed E-state index contributed by atoms with van der Waals surface area (Å²) in [7, 11) is 1.85. The monoisotopic (exact) mass is 303 g/mol. The topological polar surface area (TPSA) is 56.1 Å². The molecule has 118 valence electrons. The van der Waals surface area contributed by atoms with E-state index in [4.69, 9.17) is 0 Å². The van der Waals surface area contributed by atoms with E-state index in [2.05, 4.69) is 11.4 Å². The van der Waals surface area contributed by atoms with Gasteiger partial charge in [-0.1, -0.05) is 12.1 Å². The number of amides is 1. The van der Waals surface area contributed by atoms with Crippen molar-refractivity contribution in [1.29, 1.82) is 5.26 Å². The van der Waals surface area contributed by atoms with Gasteiger partial charge in [0.1, 0.15) is 11.4 Å². The van der Waals surface area contributed by atoms with Gasteiger partial charge in [-0.25, -0.2) is 4.39 Å². The Morgan fingerprint density at radius 1 is 1.41 bits per heavy atom. The molecule has 1 aromatic carbocycles. The van der Waals surface area contributed by atoms with Crippen molar-refractivity contribution in [2.24, 2.45) is 0 Å². The molecule has 1 N–H and O–H groups in total. The number of carbonyl (C=O) groups excluding carboxylic acids is 1. The lowest BCUT2D eigenvalue weighted by Crippen LogP contribution is -2.48. The number of rotatable bonds is 5. The van der Waals surface area contributed by atoms with E-state index in [1.807, 2.05) is 18.9 Å². The molecule has 0 spiro atoms. The van der Waals surface area contributed by atoms with Crippen LogP contribution in [0.3, 0.4) is 0 Å². The first-order chi connectivity index (χ1) is 10.5. The van der Waals surface area contributed by atoms with Crippen molar-refractivity contribution < 1.29 is 9.18 Å². The molecule has 1 atom stereocenters. The molecule has 1 amide bonds. The lowest BCUT2D eigenvalue weighted by atomic mass is 10.00. The quantitative estimate of drug-likeness (QED) is 0.910. The number of nitrogens with zero attached hydrogens (tertiary/aromatic N) is 2. The summed E-state index contributed by atoms with van der Waals surface area (Å²) in [5.74, 6) is -0.409. The Balaban J connectivity index is 1.93. The Labute approximate surface area is 130 Å². The molecular formula is C17H22FN3O. The van der Waals surface area contributed by atoms with Gasteiger partial charge in [0, 0.05) is 6.04 Å². The van der Waals surface area contributed by atoms with Crippen LogP contribution in [-0.4, -0.2) is 29.9 Å². The highest BCUT2D eigenvalue weighted by atomic mass is 19.1. The molecule has 5 heteroatoms. The maximum atomic E-state index is 13.0. The molecule has 1 aliphatic carbocycles. The van der Waals surface area contributed by atoms with Crippen molar-refractivity contribution >= 4 is 5.91 Å². The standard InChI is InChI=1S/C17H22FN3O/c1-13(14-5-7-15(18)8-6-14)21(2)11-16(22)20-17(12-19)9-3-4-10-17/h5-8,13H,3-4,9-11H2,1-2H3,(H,20,22). The first-order valence-corrected chi connectivity index (χ1v) is 7.64. The maximum absolute atomic E-state index is 13.0. The Kier molecular flexibility index (Phi) is 5.15. The van der Waals surface area contributed by atoms with Gasteiger partial charge in [0.05, 0.1) is 12.6 Å². The van der Waals surface area contributed by atoms with Crippen LogP contribution in [0.5, 0.6) is 0 Å². The van der Waals surface area contributed by atoms with Crippen LogP contribution < -0.4 is 5.32 Å². The highest BCUT2D eigenvalue weighted by Gasteiger charge is 2.35. The normalized spacial score (nSPS) is 18.0. The fraction of sp³-hybridized carbons (Fsp3) is 0.529. The van der Waals surface area contributed by atoms with E-state index in [1.165, 1.54) is 12.1 Å². The summed E-state index contributed by atoms with van der Waals surface area (Å²) in [6, 6.07) is 8.54. The Morgan fingerprint density at radius 2 is 2.00 bits per heavy atom. The number of carbonyl (C=O) groups is 1. The SMILES string of the molecule is CC(c1ccc(F)cc1)N(C)CC(=O)NC1(C#N)CCCC1. The molecule has 0 saturated heterocycles. The third-order valence-electron chi connectivity index (χ3n) is 4.46. The van der Waals surface area contributed by atoms with Gasteiger partial charge in [-0.3, -0.25) is 9.69 Å². The molecule has 2 rings (SSSR count). The van der Waals surface area contributed by atoms with E-state index in [0.29, 0.717) is 0 Å². The zero-order valence-corrected chi connectivity index (χ0v) is 13.1.